The first-order chi connectivity index (χ1) is 16.6. The molecule has 0 bridgehead atoms. The summed E-state index contributed by atoms with van der Waals surface area (Å²) in [5.41, 5.74) is 0.302. The second kappa shape index (κ2) is 12.7. The van der Waals surface area contributed by atoms with E-state index < -0.39 is 32.9 Å². The SMILES string of the molecule is C=CC(=O)OCCCCCOC(=O)C(c1ccc([N+](=O)[O-])cc1)N(N)S(=O)(=O)c1ccccc1C. The summed E-state index contributed by atoms with van der Waals surface area (Å²) in [6, 6.07) is 9.37. The first kappa shape index (κ1) is 27.6. The van der Waals surface area contributed by atoms with Gasteiger partial charge >= 0.3 is 11.9 Å². The second-order valence-electron chi connectivity index (χ2n) is 7.45. The normalized spacial score (nSPS) is 12.1. The zero-order valence-corrected chi connectivity index (χ0v) is 20.0. The quantitative estimate of drug-likeness (QED) is 0.108. The van der Waals surface area contributed by atoms with Crippen LogP contribution >= 0.6 is 0 Å². The van der Waals surface area contributed by atoms with Crippen molar-refractivity contribution in [3.05, 3.63) is 82.4 Å². The maximum Gasteiger partial charge on any atom is 0.330 e. The lowest BCUT2D eigenvalue weighted by atomic mass is 10.1. The highest BCUT2D eigenvalue weighted by molar-refractivity contribution is 7.89. The van der Waals surface area contributed by atoms with Crippen LogP contribution in [0.25, 0.3) is 0 Å². The summed E-state index contributed by atoms with van der Waals surface area (Å²) in [4.78, 5) is 34.3. The molecule has 12 heteroatoms. The lowest BCUT2D eigenvalue weighted by Crippen LogP contribution is -2.44. The van der Waals surface area contributed by atoms with Gasteiger partial charge in [-0.2, -0.15) is 0 Å². The number of nitro benzene ring substituents is 1. The first-order valence-corrected chi connectivity index (χ1v) is 12.1. The van der Waals surface area contributed by atoms with E-state index in [1.54, 1.807) is 19.1 Å². The minimum absolute atomic E-state index is 0.0318. The number of aryl methyl sites for hydroxylation is 1. The molecule has 188 valence electrons. The van der Waals surface area contributed by atoms with Gasteiger partial charge in [-0.15, -0.1) is 4.41 Å². The molecule has 2 aromatic rings. The van der Waals surface area contributed by atoms with Crippen molar-refractivity contribution in [1.82, 2.24) is 4.41 Å². The van der Waals surface area contributed by atoms with Crippen LogP contribution in [0.5, 0.6) is 0 Å². The molecule has 0 heterocycles. The number of hydrogen-bond donors (Lipinski definition) is 1. The summed E-state index contributed by atoms with van der Waals surface area (Å²) in [5, 5.41) is 11.0. The van der Waals surface area contributed by atoms with Crippen molar-refractivity contribution >= 4 is 27.6 Å². The maximum absolute atomic E-state index is 13.2. The van der Waals surface area contributed by atoms with E-state index in [4.69, 9.17) is 15.3 Å². The van der Waals surface area contributed by atoms with E-state index in [0.717, 1.165) is 18.2 Å². The van der Waals surface area contributed by atoms with Crippen LogP contribution in [0.4, 0.5) is 5.69 Å². The van der Waals surface area contributed by atoms with Gasteiger partial charge in [-0.3, -0.25) is 16.0 Å². The van der Waals surface area contributed by atoms with E-state index >= 15 is 0 Å². The van der Waals surface area contributed by atoms with E-state index in [1.807, 2.05) is 0 Å². The highest BCUT2D eigenvalue weighted by atomic mass is 32.2. The third-order valence-electron chi connectivity index (χ3n) is 4.99. The van der Waals surface area contributed by atoms with Crippen molar-refractivity contribution in [2.75, 3.05) is 13.2 Å². The third kappa shape index (κ3) is 7.44. The van der Waals surface area contributed by atoms with Crippen LogP contribution in [0.1, 0.15) is 36.4 Å². The van der Waals surface area contributed by atoms with Crippen LogP contribution in [0.3, 0.4) is 0 Å². The molecule has 0 saturated carbocycles. The fourth-order valence-corrected chi connectivity index (χ4v) is 4.57. The molecule has 0 amide bonds. The molecule has 2 N–H and O–H groups in total. The van der Waals surface area contributed by atoms with Crippen LogP contribution < -0.4 is 5.84 Å². The molecule has 35 heavy (non-hydrogen) atoms. The van der Waals surface area contributed by atoms with Crippen molar-refractivity contribution in [2.24, 2.45) is 5.84 Å². The molecule has 2 rings (SSSR count). The van der Waals surface area contributed by atoms with Gasteiger partial charge in [-0.1, -0.05) is 24.8 Å². The van der Waals surface area contributed by atoms with Gasteiger partial charge in [-0.25, -0.2) is 18.0 Å². The fourth-order valence-electron chi connectivity index (χ4n) is 3.13. The van der Waals surface area contributed by atoms with Crippen LogP contribution in [0.15, 0.2) is 66.1 Å². The molecule has 0 aliphatic heterocycles. The molecule has 2 aromatic carbocycles. The predicted octanol–water partition coefficient (Wildman–Crippen LogP) is 2.95. The average molecular weight is 506 g/mol. The molecular weight excluding hydrogens is 478 g/mol. The van der Waals surface area contributed by atoms with E-state index in [0.29, 0.717) is 29.2 Å². The third-order valence-corrected chi connectivity index (χ3v) is 6.77. The number of esters is 2. The number of sulfonamides is 1. The molecule has 0 radical (unpaired) electrons. The summed E-state index contributed by atoms with van der Waals surface area (Å²) >= 11 is 0. The monoisotopic (exact) mass is 505 g/mol. The Hall–Kier alpha value is -3.61. The summed E-state index contributed by atoms with van der Waals surface area (Å²) < 4.78 is 37.0. The van der Waals surface area contributed by atoms with Crippen molar-refractivity contribution < 1.29 is 32.4 Å². The lowest BCUT2D eigenvalue weighted by Gasteiger charge is -2.26. The van der Waals surface area contributed by atoms with Gasteiger partial charge in [0.05, 0.1) is 23.0 Å². The topological polar surface area (TPSA) is 159 Å². The standard InChI is InChI=1S/C23H27N3O8S/c1-3-21(27)33-15-7-4-8-16-34-23(28)22(18-11-13-19(14-12-18)26(29)30)25(24)35(31,32)20-10-6-5-9-17(20)2/h3,5-6,9-14,22H,1,4,7-8,15-16,24H2,2H3. The predicted molar refractivity (Wildman–Crippen MR) is 126 cm³/mol. The highest BCUT2D eigenvalue weighted by Gasteiger charge is 2.37. The largest absolute Gasteiger partial charge is 0.464 e. The number of carbonyl (C=O) groups excluding carboxylic acids is 2. The molecule has 0 aliphatic carbocycles. The lowest BCUT2D eigenvalue weighted by molar-refractivity contribution is -0.384. The number of ether oxygens (including phenoxy) is 2. The summed E-state index contributed by atoms with van der Waals surface area (Å²) in [6.07, 6.45) is 2.60. The number of non-ortho nitro benzene ring substituents is 1. The molecule has 0 aliphatic rings. The molecule has 1 atom stereocenters. The van der Waals surface area contributed by atoms with Crippen molar-refractivity contribution in [3.8, 4) is 0 Å². The van der Waals surface area contributed by atoms with Crippen LogP contribution in [-0.4, -0.2) is 42.9 Å². The Balaban J connectivity index is 2.18. The number of hydrogen-bond acceptors (Lipinski definition) is 9. The molecular formula is C23H27N3O8S. The number of unbranched alkanes of at least 4 members (excludes halogenated alkanes) is 2. The molecule has 0 fully saturated rings. The number of nitro groups is 1. The van der Waals surface area contributed by atoms with Crippen LogP contribution in [-0.2, 0) is 29.1 Å². The highest BCUT2D eigenvalue weighted by Crippen LogP contribution is 2.28. The zero-order chi connectivity index (χ0) is 26.0. The van der Waals surface area contributed by atoms with Crippen LogP contribution in [0, 0.1) is 17.0 Å². The van der Waals surface area contributed by atoms with Gasteiger partial charge in [-0.05, 0) is 55.5 Å². The molecule has 11 nitrogen and oxygen atoms in total. The van der Waals surface area contributed by atoms with E-state index in [9.17, 15) is 28.1 Å². The Kier molecular flexibility index (Phi) is 10.1. The van der Waals surface area contributed by atoms with Gasteiger partial charge in [0.1, 0.15) is 0 Å². The molecule has 1 unspecified atom stereocenters. The minimum Gasteiger partial charge on any atom is -0.464 e. The number of nitrogens with two attached hydrogens (primary N) is 1. The molecule has 0 aromatic heterocycles. The number of rotatable bonds is 13. The Bertz CT molecular complexity index is 1170. The Labute approximate surface area is 203 Å². The molecule has 0 spiro atoms. The second-order valence-corrected chi connectivity index (χ2v) is 9.26. The van der Waals surface area contributed by atoms with Gasteiger partial charge < -0.3 is 9.47 Å². The number of hydrazine groups is 1. The zero-order valence-electron chi connectivity index (χ0n) is 19.2. The van der Waals surface area contributed by atoms with E-state index in [2.05, 4.69) is 6.58 Å². The maximum atomic E-state index is 13.2. The van der Waals surface area contributed by atoms with Crippen molar-refractivity contribution in [1.29, 1.82) is 0 Å². The Morgan fingerprint density at radius 1 is 1.09 bits per heavy atom. The van der Waals surface area contributed by atoms with Gasteiger partial charge in [0.2, 0.25) is 0 Å². The Morgan fingerprint density at radius 3 is 2.26 bits per heavy atom. The summed E-state index contributed by atoms with van der Waals surface area (Å²) in [5.74, 6) is 4.53. The smallest absolute Gasteiger partial charge is 0.330 e. The minimum atomic E-state index is -4.32. The van der Waals surface area contributed by atoms with E-state index in [-0.39, 0.29) is 29.4 Å². The summed E-state index contributed by atoms with van der Waals surface area (Å²) in [7, 11) is -4.32. The number of carbonyl (C=O) groups is 2. The van der Waals surface area contributed by atoms with Crippen molar-refractivity contribution in [3.63, 3.8) is 0 Å². The number of benzene rings is 2. The van der Waals surface area contributed by atoms with Crippen molar-refractivity contribution in [2.45, 2.75) is 37.1 Å². The van der Waals surface area contributed by atoms with E-state index in [1.165, 1.54) is 24.3 Å². The average Bonchev–Trinajstić information content (AvgIpc) is 2.83. The molecule has 0 saturated heterocycles. The van der Waals surface area contributed by atoms with Gasteiger partial charge in [0.25, 0.3) is 15.7 Å². The number of nitrogens with zero attached hydrogens (tertiary/aromatic N) is 2. The first-order valence-electron chi connectivity index (χ1n) is 10.6. The van der Waals surface area contributed by atoms with Gasteiger partial charge in [0, 0.05) is 18.2 Å². The fraction of sp³-hybridized carbons (Fsp3) is 0.304. The van der Waals surface area contributed by atoms with Gasteiger partial charge in [0.15, 0.2) is 6.04 Å². The van der Waals surface area contributed by atoms with Crippen LogP contribution in [0.2, 0.25) is 0 Å². The Morgan fingerprint density at radius 2 is 1.69 bits per heavy atom. The summed E-state index contributed by atoms with van der Waals surface area (Å²) in [6.45, 7) is 5.04.